The number of rotatable bonds is 4. The van der Waals surface area contributed by atoms with Crippen molar-refractivity contribution in [1.29, 1.82) is 0 Å². The highest BCUT2D eigenvalue weighted by atomic mass is 79.9. The lowest BCUT2D eigenvalue weighted by molar-refractivity contribution is 0.372. The van der Waals surface area contributed by atoms with Gasteiger partial charge in [-0.15, -0.1) is 22.7 Å². The van der Waals surface area contributed by atoms with Gasteiger partial charge in [0.1, 0.15) is 5.15 Å². The Balaban J connectivity index is 1.52. The summed E-state index contributed by atoms with van der Waals surface area (Å²) >= 11 is 13.7. The molecule has 0 bridgehead atoms. The number of nitrogens with two attached hydrogens (primary N) is 1. The van der Waals surface area contributed by atoms with Crippen molar-refractivity contribution in [3.8, 4) is 0 Å². The molecule has 0 amide bonds. The Morgan fingerprint density at radius 2 is 2.15 bits per heavy atom. The first-order valence-corrected chi connectivity index (χ1v) is 11.8. The molecule has 0 radical (unpaired) electrons. The summed E-state index contributed by atoms with van der Waals surface area (Å²) in [6, 6.07) is 6.40. The average Bonchev–Trinajstić information content (AvgIpc) is 3.02. The minimum Gasteiger partial charge on any atom is -0.379 e. The van der Waals surface area contributed by atoms with Crippen LogP contribution in [-0.2, 0) is 6.54 Å². The van der Waals surface area contributed by atoms with Crippen molar-refractivity contribution < 1.29 is 0 Å². The first-order chi connectivity index (χ1) is 12.6. The molecule has 2 aliphatic carbocycles. The fourth-order valence-electron chi connectivity index (χ4n) is 4.19. The Labute approximate surface area is 174 Å². The molecule has 2 saturated carbocycles. The van der Waals surface area contributed by atoms with Gasteiger partial charge in [0, 0.05) is 34.3 Å². The monoisotopic (exact) mass is 467 g/mol. The topological polar surface area (TPSA) is 50.9 Å². The van der Waals surface area contributed by atoms with E-state index in [0.717, 1.165) is 45.2 Å². The van der Waals surface area contributed by atoms with Gasteiger partial charge in [-0.25, -0.2) is 4.98 Å². The van der Waals surface area contributed by atoms with Gasteiger partial charge < -0.3 is 11.1 Å². The number of hydrogen-bond acceptors (Lipinski definition) is 5. The lowest BCUT2D eigenvalue weighted by Crippen LogP contribution is -2.32. The third-order valence-electron chi connectivity index (χ3n) is 5.67. The SMILES string of the molecule is N[C@@H]1C[C@@H]2C[C@@H]2C[C@H]1c1sc2c(NCc3cccs3)cc(Cl)nc2c1Br. The molecule has 4 atom stereocenters. The predicted molar refractivity (Wildman–Crippen MR) is 116 cm³/mol. The second kappa shape index (κ2) is 6.74. The third-order valence-corrected chi connectivity index (χ3v) is 9.14. The number of aromatic nitrogens is 1. The number of nitrogens with one attached hydrogen (secondary N) is 1. The molecule has 0 aromatic carbocycles. The number of nitrogens with zero attached hydrogens (tertiary/aromatic N) is 1. The van der Waals surface area contributed by atoms with E-state index in [1.165, 1.54) is 22.6 Å². The Hall–Kier alpha value is -0.660. The van der Waals surface area contributed by atoms with Crippen molar-refractivity contribution in [3.63, 3.8) is 0 Å². The maximum absolute atomic E-state index is 6.53. The van der Waals surface area contributed by atoms with Gasteiger partial charge in [0.15, 0.2) is 0 Å². The molecule has 26 heavy (non-hydrogen) atoms. The van der Waals surface area contributed by atoms with Crippen molar-refractivity contribution in [2.75, 3.05) is 5.32 Å². The molecule has 0 saturated heterocycles. The first-order valence-electron chi connectivity index (χ1n) is 8.90. The smallest absolute Gasteiger partial charge is 0.131 e. The van der Waals surface area contributed by atoms with Gasteiger partial charge in [-0.1, -0.05) is 17.7 Å². The molecule has 2 aliphatic rings. The second-order valence-electron chi connectivity index (χ2n) is 7.38. The molecule has 0 unspecified atom stereocenters. The van der Waals surface area contributed by atoms with Gasteiger partial charge in [0.2, 0.25) is 0 Å². The molecule has 5 rings (SSSR count). The molecule has 136 valence electrons. The van der Waals surface area contributed by atoms with Crippen molar-refractivity contribution >= 4 is 66.1 Å². The summed E-state index contributed by atoms with van der Waals surface area (Å²) in [4.78, 5) is 7.24. The summed E-state index contributed by atoms with van der Waals surface area (Å²) in [6.07, 6.45) is 3.74. The minimum absolute atomic E-state index is 0.251. The van der Waals surface area contributed by atoms with Crippen molar-refractivity contribution in [2.24, 2.45) is 17.6 Å². The molecule has 3 heterocycles. The standard InChI is InChI=1S/C19H19BrClN3S2/c20-16-17-19(26-18(16)12-5-9-4-10(9)6-13(12)22)14(7-15(21)24-17)23-8-11-2-1-3-25-11/h1-3,7,9-10,12-13H,4-6,8,22H2,(H,23,24)/t9-,10+,12-,13-/m1/s1. The van der Waals surface area contributed by atoms with Crippen LogP contribution in [0.15, 0.2) is 28.1 Å². The normalized spacial score (nSPS) is 27.5. The first kappa shape index (κ1) is 17.4. The highest BCUT2D eigenvalue weighted by molar-refractivity contribution is 9.10. The van der Waals surface area contributed by atoms with E-state index in [1.54, 1.807) is 11.3 Å². The number of thiophene rings is 2. The molecular weight excluding hydrogens is 450 g/mol. The molecule has 7 heteroatoms. The van der Waals surface area contributed by atoms with Crippen LogP contribution < -0.4 is 11.1 Å². The Bertz CT molecular complexity index is 956. The van der Waals surface area contributed by atoms with Crippen molar-refractivity contribution in [3.05, 3.63) is 43.0 Å². The molecule has 3 N–H and O–H groups in total. The number of halogens is 2. The van der Waals surface area contributed by atoms with E-state index in [2.05, 4.69) is 43.7 Å². The van der Waals surface area contributed by atoms with Crippen LogP contribution in [0.5, 0.6) is 0 Å². The van der Waals surface area contributed by atoms with E-state index in [1.807, 2.05) is 17.4 Å². The maximum Gasteiger partial charge on any atom is 0.131 e. The Morgan fingerprint density at radius 3 is 2.96 bits per heavy atom. The van der Waals surface area contributed by atoms with E-state index in [9.17, 15) is 0 Å². The fraction of sp³-hybridized carbons (Fsp3) is 0.421. The Morgan fingerprint density at radius 1 is 1.31 bits per heavy atom. The molecule has 3 aromatic heterocycles. The average molecular weight is 469 g/mol. The van der Waals surface area contributed by atoms with Crippen LogP contribution in [0.3, 0.4) is 0 Å². The summed E-state index contributed by atoms with van der Waals surface area (Å²) in [5, 5.41) is 6.17. The molecule has 0 aliphatic heterocycles. The third kappa shape index (κ3) is 3.10. The van der Waals surface area contributed by atoms with E-state index in [4.69, 9.17) is 17.3 Å². The zero-order valence-electron chi connectivity index (χ0n) is 14.0. The van der Waals surface area contributed by atoms with Gasteiger partial charge in [-0.2, -0.15) is 0 Å². The molecule has 2 fully saturated rings. The van der Waals surface area contributed by atoms with E-state index >= 15 is 0 Å². The van der Waals surface area contributed by atoms with Gasteiger partial charge in [-0.05, 0) is 58.5 Å². The minimum atomic E-state index is 0.251. The Kier molecular flexibility index (Phi) is 4.52. The van der Waals surface area contributed by atoms with Crippen LogP contribution in [0.2, 0.25) is 5.15 Å². The molecule has 3 aromatic rings. The second-order valence-corrected chi connectivity index (χ2v) is 10.6. The quantitative estimate of drug-likeness (QED) is 0.446. The summed E-state index contributed by atoms with van der Waals surface area (Å²) < 4.78 is 2.25. The predicted octanol–water partition coefficient (Wildman–Crippen LogP) is 6.23. The van der Waals surface area contributed by atoms with Crippen LogP contribution in [0.4, 0.5) is 5.69 Å². The van der Waals surface area contributed by atoms with Crippen LogP contribution in [0.25, 0.3) is 10.2 Å². The summed E-state index contributed by atoms with van der Waals surface area (Å²) in [7, 11) is 0. The van der Waals surface area contributed by atoms with Gasteiger partial charge in [0.25, 0.3) is 0 Å². The zero-order valence-corrected chi connectivity index (χ0v) is 18.0. The van der Waals surface area contributed by atoms with Crippen LogP contribution in [-0.4, -0.2) is 11.0 Å². The number of hydrogen-bond donors (Lipinski definition) is 2. The molecular formula is C19H19BrClN3S2. The maximum atomic E-state index is 6.53. The highest BCUT2D eigenvalue weighted by Crippen LogP contribution is 2.56. The number of pyridine rings is 1. The van der Waals surface area contributed by atoms with Crippen LogP contribution in [0, 0.1) is 11.8 Å². The van der Waals surface area contributed by atoms with Gasteiger partial charge in [-0.3, -0.25) is 0 Å². The zero-order chi connectivity index (χ0) is 17.8. The highest BCUT2D eigenvalue weighted by Gasteiger charge is 2.46. The lowest BCUT2D eigenvalue weighted by atomic mass is 9.84. The van der Waals surface area contributed by atoms with Crippen LogP contribution in [0.1, 0.15) is 34.9 Å². The van der Waals surface area contributed by atoms with Crippen molar-refractivity contribution in [1.82, 2.24) is 4.98 Å². The van der Waals surface area contributed by atoms with E-state index in [-0.39, 0.29) is 6.04 Å². The van der Waals surface area contributed by atoms with Gasteiger partial charge >= 0.3 is 0 Å². The number of fused-ring (bicyclic) bond motifs is 2. The lowest BCUT2D eigenvalue weighted by Gasteiger charge is -2.27. The van der Waals surface area contributed by atoms with E-state index < -0.39 is 0 Å². The molecule has 3 nitrogen and oxygen atoms in total. The van der Waals surface area contributed by atoms with Gasteiger partial charge in [0.05, 0.1) is 20.4 Å². The largest absolute Gasteiger partial charge is 0.379 e. The van der Waals surface area contributed by atoms with Crippen LogP contribution >= 0.6 is 50.2 Å². The summed E-state index contributed by atoms with van der Waals surface area (Å²) in [6.45, 7) is 0.796. The summed E-state index contributed by atoms with van der Waals surface area (Å²) in [5.41, 5.74) is 8.54. The summed E-state index contributed by atoms with van der Waals surface area (Å²) in [5.74, 6) is 2.19. The van der Waals surface area contributed by atoms with Crippen molar-refractivity contribution in [2.45, 2.75) is 37.8 Å². The van der Waals surface area contributed by atoms with E-state index in [0.29, 0.717) is 11.1 Å². The molecule has 0 spiro atoms. The fourth-order valence-corrected chi connectivity index (χ4v) is 7.30. The number of anilines is 1.